The van der Waals surface area contributed by atoms with Crippen LogP contribution in [0.2, 0.25) is 5.02 Å². The summed E-state index contributed by atoms with van der Waals surface area (Å²) in [5.41, 5.74) is 3.53. The highest BCUT2D eigenvalue weighted by atomic mass is 35.5. The van der Waals surface area contributed by atoms with Gasteiger partial charge < -0.3 is 14.4 Å². The Morgan fingerprint density at radius 1 is 1.05 bits per heavy atom. The van der Waals surface area contributed by atoms with Gasteiger partial charge in [-0.25, -0.2) is 0 Å². The standard InChI is InChI=1S/C29H26ClN3O3S/c1-2-35-27-6-4-3-5-26(27)32-18-33-28(34)15-24(25(16-31)29(33)37-19-32)21-9-13-23(14-10-21)36-17-20-7-11-22(30)12-8-20/h3-14,24H,2,15,17-19H2,1H3. The zero-order chi connectivity index (χ0) is 25.8. The topological polar surface area (TPSA) is 65.8 Å². The van der Waals surface area contributed by atoms with Crippen molar-refractivity contribution in [2.45, 2.75) is 25.9 Å². The van der Waals surface area contributed by atoms with Crippen LogP contribution in [-0.2, 0) is 11.4 Å². The van der Waals surface area contributed by atoms with Crippen LogP contribution in [-0.4, -0.2) is 30.0 Å². The first-order valence-corrected chi connectivity index (χ1v) is 13.4. The molecule has 2 heterocycles. The van der Waals surface area contributed by atoms with Crippen molar-refractivity contribution in [1.29, 1.82) is 5.26 Å². The van der Waals surface area contributed by atoms with Gasteiger partial charge in [-0.15, -0.1) is 0 Å². The quantitative estimate of drug-likeness (QED) is 0.345. The molecule has 3 aromatic rings. The van der Waals surface area contributed by atoms with Gasteiger partial charge >= 0.3 is 0 Å². The summed E-state index contributed by atoms with van der Waals surface area (Å²) in [4.78, 5) is 17.1. The number of nitrogens with zero attached hydrogens (tertiary/aromatic N) is 3. The van der Waals surface area contributed by atoms with Gasteiger partial charge in [0.15, 0.2) is 0 Å². The summed E-state index contributed by atoms with van der Waals surface area (Å²) < 4.78 is 11.7. The number of amides is 1. The number of ether oxygens (including phenoxy) is 2. The van der Waals surface area contributed by atoms with Crippen LogP contribution >= 0.6 is 23.4 Å². The highest BCUT2D eigenvalue weighted by Crippen LogP contribution is 2.44. The molecule has 37 heavy (non-hydrogen) atoms. The second-order valence-corrected chi connectivity index (χ2v) is 10.1. The van der Waals surface area contributed by atoms with Gasteiger partial charge in [-0.1, -0.05) is 59.8 Å². The largest absolute Gasteiger partial charge is 0.492 e. The second kappa shape index (κ2) is 11.2. The molecule has 5 rings (SSSR count). The smallest absolute Gasteiger partial charge is 0.229 e. The summed E-state index contributed by atoms with van der Waals surface area (Å²) in [7, 11) is 0. The lowest BCUT2D eigenvalue weighted by atomic mass is 9.86. The number of allylic oxidation sites excluding steroid dienone is 1. The van der Waals surface area contributed by atoms with Gasteiger partial charge in [-0.3, -0.25) is 9.69 Å². The fraction of sp³-hybridized carbons (Fsp3) is 0.241. The Morgan fingerprint density at radius 3 is 2.54 bits per heavy atom. The van der Waals surface area contributed by atoms with Gasteiger partial charge in [-0.05, 0) is 54.4 Å². The van der Waals surface area contributed by atoms with Gasteiger partial charge in [-0.2, -0.15) is 5.26 Å². The van der Waals surface area contributed by atoms with E-state index in [0.717, 1.165) is 33.3 Å². The van der Waals surface area contributed by atoms with Crippen LogP contribution in [0.3, 0.4) is 0 Å². The van der Waals surface area contributed by atoms with E-state index in [2.05, 4.69) is 11.0 Å². The molecule has 6 nitrogen and oxygen atoms in total. The molecule has 0 aromatic heterocycles. The number of rotatable bonds is 7. The number of benzene rings is 3. The minimum Gasteiger partial charge on any atom is -0.492 e. The van der Waals surface area contributed by atoms with E-state index in [9.17, 15) is 10.1 Å². The van der Waals surface area contributed by atoms with Crippen LogP contribution in [0.1, 0.15) is 30.4 Å². The number of para-hydroxylation sites is 2. The summed E-state index contributed by atoms with van der Waals surface area (Å²) in [6.45, 7) is 3.34. The van der Waals surface area contributed by atoms with Crippen LogP contribution in [0.5, 0.6) is 11.5 Å². The number of fused-ring (bicyclic) bond motifs is 1. The molecule has 0 bridgehead atoms. The molecule has 1 unspecified atom stereocenters. The Balaban J connectivity index is 1.32. The van der Waals surface area contributed by atoms with Crippen molar-refractivity contribution in [3.8, 4) is 17.6 Å². The van der Waals surface area contributed by atoms with Gasteiger partial charge in [0.25, 0.3) is 0 Å². The van der Waals surface area contributed by atoms with Crippen molar-refractivity contribution < 1.29 is 14.3 Å². The third kappa shape index (κ3) is 5.41. The van der Waals surface area contributed by atoms with Crippen LogP contribution in [0.25, 0.3) is 0 Å². The van der Waals surface area contributed by atoms with E-state index in [-0.39, 0.29) is 18.2 Å². The van der Waals surface area contributed by atoms with Gasteiger partial charge in [0.1, 0.15) is 18.1 Å². The Bertz CT molecular complexity index is 1350. The van der Waals surface area contributed by atoms with Gasteiger partial charge in [0.05, 0.1) is 41.5 Å². The van der Waals surface area contributed by atoms with Gasteiger partial charge in [0.2, 0.25) is 5.91 Å². The first-order valence-electron chi connectivity index (χ1n) is 12.1. The molecule has 0 N–H and O–H groups in total. The molecule has 2 aliphatic rings. The number of carbonyl (C=O) groups is 1. The number of anilines is 1. The van der Waals surface area contributed by atoms with Crippen LogP contribution < -0.4 is 14.4 Å². The van der Waals surface area contributed by atoms with Crippen LogP contribution in [0, 0.1) is 11.3 Å². The Hall–Kier alpha value is -3.60. The molecule has 1 saturated heterocycles. The van der Waals surface area contributed by atoms with Crippen molar-refractivity contribution in [2.24, 2.45) is 0 Å². The molecular weight excluding hydrogens is 506 g/mol. The summed E-state index contributed by atoms with van der Waals surface area (Å²) in [6, 6.07) is 25.5. The van der Waals surface area contributed by atoms with E-state index in [1.54, 1.807) is 4.90 Å². The highest BCUT2D eigenvalue weighted by Gasteiger charge is 2.38. The first kappa shape index (κ1) is 25.1. The minimum atomic E-state index is -0.274. The summed E-state index contributed by atoms with van der Waals surface area (Å²) in [6.07, 6.45) is 0.249. The summed E-state index contributed by atoms with van der Waals surface area (Å²) in [5.74, 6) is 1.87. The van der Waals surface area contributed by atoms with Crippen molar-refractivity contribution in [2.75, 3.05) is 24.1 Å². The number of nitriles is 1. The lowest BCUT2D eigenvalue weighted by Gasteiger charge is -2.42. The first-order chi connectivity index (χ1) is 18.1. The summed E-state index contributed by atoms with van der Waals surface area (Å²) >= 11 is 7.47. The van der Waals surface area contributed by atoms with E-state index in [4.69, 9.17) is 21.1 Å². The van der Waals surface area contributed by atoms with E-state index in [0.29, 0.717) is 36.4 Å². The number of carbonyl (C=O) groups excluding carboxylic acids is 1. The Kier molecular flexibility index (Phi) is 7.59. The number of hydrogen-bond donors (Lipinski definition) is 0. The SMILES string of the molecule is CCOc1ccccc1N1CSC2=C(C#N)C(c3ccc(OCc4ccc(Cl)cc4)cc3)CC(=O)N2C1. The van der Waals surface area contributed by atoms with Crippen molar-refractivity contribution in [1.82, 2.24) is 4.90 Å². The maximum absolute atomic E-state index is 13.3. The number of thioether (sulfide) groups is 1. The third-order valence-corrected chi connectivity index (χ3v) is 7.81. The monoisotopic (exact) mass is 531 g/mol. The molecule has 0 spiro atoms. The van der Waals surface area contributed by atoms with Crippen LogP contribution in [0.15, 0.2) is 83.4 Å². The maximum Gasteiger partial charge on any atom is 0.229 e. The molecule has 0 saturated carbocycles. The zero-order valence-corrected chi connectivity index (χ0v) is 22.0. The molecule has 0 aliphatic carbocycles. The summed E-state index contributed by atoms with van der Waals surface area (Å²) in [5, 5.41) is 11.5. The highest BCUT2D eigenvalue weighted by molar-refractivity contribution is 8.03. The van der Waals surface area contributed by atoms with E-state index < -0.39 is 0 Å². The fourth-order valence-corrected chi connectivity index (χ4v) is 5.82. The normalized spacial score (nSPS) is 17.3. The minimum absolute atomic E-state index is 0.00755. The average molecular weight is 532 g/mol. The molecule has 188 valence electrons. The lowest BCUT2D eigenvalue weighted by Crippen LogP contribution is -2.47. The molecule has 1 amide bonds. The van der Waals surface area contributed by atoms with E-state index in [1.165, 1.54) is 11.8 Å². The van der Waals surface area contributed by atoms with Crippen molar-refractivity contribution >= 4 is 35.0 Å². The second-order valence-electron chi connectivity index (χ2n) is 8.75. The van der Waals surface area contributed by atoms with Gasteiger partial charge in [0, 0.05) is 17.4 Å². The number of halogens is 1. The Morgan fingerprint density at radius 2 is 1.81 bits per heavy atom. The Labute approximate surface area is 226 Å². The maximum atomic E-state index is 13.3. The van der Waals surface area contributed by atoms with E-state index in [1.807, 2.05) is 79.7 Å². The van der Waals surface area contributed by atoms with Crippen LogP contribution in [0.4, 0.5) is 5.69 Å². The number of hydrogen-bond acceptors (Lipinski definition) is 6. The molecule has 0 radical (unpaired) electrons. The molecule has 8 heteroatoms. The predicted octanol–water partition coefficient (Wildman–Crippen LogP) is 6.54. The molecular formula is C29H26ClN3O3S. The fourth-order valence-electron chi connectivity index (χ4n) is 4.54. The molecule has 2 aliphatic heterocycles. The lowest BCUT2D eigenvalue weighted by molar-refractivity contribution is -0.129. The third-order valence-electron chi connectivity index (χ3n) is 6.40. The molecule has 1 atom stereocenters. The van der Waals surface area contributed by atoms with Crippen molar-refractivity contribution in [3.05, 3.63) is 99.5 Å². The van der Waals surface area contributed by atoms with Crippen molar-refractivity contribution in [3.63, 3.8) is 0 Å². The molecule has 3 aromatic carbocycles. The predicted molar refractivity (Wildman–Crippen MR) is 146 cm³/mol. The zero-order valence-electron chi connectivity index (χ0n) is 20.4. The van der Waals surface area contributed by atoms with E-state index >= 15 is 0 Å². The molecule has 1 fully saturated rings. The average Bonchev–Trinajstić information content (AvgIpc) is 2.93.